The molecule has 100 valence electrons. The van der Waals surface area contributed by atoms with Crippen LogP contribution in [0, 0.1) is 0 Å². The molecule has 0 saturated heterocycles. The Balaban J connectivity index is 2.86. The second-order valence-electron chi connectivity index (χ2n) is 4.00. The van der Waals surface area contributed by atoms with Crippen molar-refractivity contribution in [2.24, 2.45) is 0 Å². The molecule has 0 aliphatic rings. The molecule has 0 saturated carbocycles. The van der Waals surface area contributed by atoms with Crippen molar-refractivity contribution < 1.29 is 18.0 Å². The minimum Gasteiger partial charge on any atom is -0.293 e. The lowest BCUT2D eigenvalue weighted by Crippen LogP contribution is -2.15. The summed E-state index contributed by atoms with van der Waals surface area (Å²) < 4.78 is 38.1. The fraction of sp³-hybridized carbons (Fsp3) is 0.462. The summed E-state index contributed by atoms with van der Waals surface area (Å²) in [7, 11) is 0. The molecular weight excluding hydrogens is 261 g/mol. The number of hydrogen-bond acceptors (Lipinski definition) is 2. The molecule has 0 aromatic heterocycles. The molecule has 0 heterocycles. The average Bonchev–Trinajstić information content (AvgIpc) is 2.34. The van der Waals surface area contributed by atoms with Crippen LogP contribution in [0.5, 0.6) is 0 Å². The number of hydrogen-bond donors (Lipinski definition) is 0. The summed E-state index contributed by atoms with van der Waals surface area (Å²) in [6, 6.07) is 4.93. The molecule has 0 aliphatic heterocycles. The summed E-state index contributed by atoms with van der Waals surface area (Å²) in [5, 5.41) is 0.270. The van der Waals surface area contributed by atoms with Crippen LogP contribution >= 0.6 is 11.8 Å². The molecule has 0 fully saturated rings. The van der Waals surface area contributed by atoms with Crippen LogP contribution < -0.4 is 0 Å². The predicted octanol–water partition coefficient (Wildman–Crippen LogP) is 4.42. The third-order valence-corrected chi connectivity index (χ3v) is 3.94. The van der Waals surface area contributed by atoms with Gasteiger partial charge in [0, 0.05) is 10.8 Å². The van der Waals surface area contributed by atoms with E-state index >= 15 is 0 Å². The number of alkyl halides is 3. The van der Waals surface area contributed by atoms with Gasteiger partial charge in [-0.15, -0.1) is 0 Å². The van der Waals surface area contributed by atoms with Gasteiger partial charge in [0.2, 0.25) is 0 Å². The molecule has 1 nitrogen and oxygen atoms in total. The van der Waals surface area contributed by atoms with Crippen molar-refractivity contribution in [2.45, 2.75) is 31.7 Å². The summed E-state index contributed by atoms with van der Waals surface area (Å²) in [6.45, 7) is 3.93. The van der Waals surface area contributed by atoms with Gasteiger partial charge in [-0.1, -0.05) is 32.0 Å². The molecular formula is C13H15F3OS. The Morgan fingerprint density at radius 2 is 1.94 bits per heavy atom. The molecule has 1 aromatic rings. The third-order valence-electron chi connectivity index (χ3n) is 2.61. The van der Waals surface area contributed by atoms with Crippen LogP contribution in [0.4, 0.5) is 13.2 Å². The first kappa shape index (κ1) is 15.1. The van der Waals surface area contributed by atoms with Gasteiger partial charge in [-0.2, -0.15) is 24.9 Å². The van der Waals surface area contributed by atoms with Crippen molar-refractivity contribution >= 4 is 17.5 Å². The fourth-order valence-corrected chi connectivity index (χ4v) is 2.21. The zero-order valence-corrected chi connectivity index (χ0v) is 11.1. The molecule has 0 aliphatic carbocycles. The molecule has 1 aromatic carbocycles. The highest BCUT2D eigenvalue weighted by Crippen LogP contribution is 2.32. The summed E-state index contributed by atoms with van der Waals surface area (Å²) in [4.78, 5) is 11.8. The van der Waals surface area contributed by atoms with Gasteiger partial charge in [-0.05, 0) is 12.5 Å². The van der Waals surface area contributed by atoms with Gasteiger partial charge in [0.15, 0.2) is 5.78 Å². The number of thioether (sulfide) groups is 1. The third kappa shape index (κ3) is 4.05. The second-order valence-corrected chi connectivity index (χ2v) is 5.42. The Bertz CT molecular complexity index is 415. The van der Waals surface area contributed by atoms with E-state index < -0.39 is 17.5 Å². The van der Waals surface area contributed by atoms with E-state index in [0.717, 1.165) is 12.5 Å². The zero-order chi connectivity index (χ0) is 13.8. The molecule has 5 heteroatoms. The van der Waals surface area contributed by atoms with Crippen molar-refractivity contribution in [3.05, 3.63) is 35.4 Å². The van der Waals surface area contributed by atoms with Crippen LogP contribution in [0.3, 0.4) is 0 Å². The topological polar surface area (TPSA) is 17.1 Å². The quantitative estimate of drug-likeness (QED) is 0.740. The first-order valence-corrected chi connectivity index (χ1v) is 6.72. The van der Waals surface area contributed by atoms with Crippen molar-refractivity contribution in [3.8, 4) is 0 Å². The lowest BCUT2D eigenvalue weighted by atomic mass is 10.0. The van der Waals surface area contributed by atoms with Gasteiger partial charge in [0.25, 0.3) is 0 Å². The monoisotopic (exact) mass is 276 g/mol. The maximum Gasteiger partial charge on any atom is 0.417 e. The van der Waals surface area contributed by atoms with E-state index in [0.29, 0.717) is 0 Å². The summed E-state index contributed by atoms with van der Waals surface area (Å²) >= 11 is 1.38. The SMILES string of the molecule is CCC(C)SCC(=O)c1ccccc1C(F)(F)F. The molecule has 18 heavy (non-hydrogen) atoms. The molecule has 0 amide bonds. The lowest BCUT2D eigenvalue weighted by molar-refractivity contribution is -0.137. The summed E-state index contributed by atoms with van der Waals surface area (Å²) in [5.41, 5.74) is -1.08. The smallest absolute Gasteiger partial charge is 0.293 e. The summed E-state index contributed by atoms with van der Waals surface area (Å²) in [5.74, 6) is -0.379. The Hall–Kier alpha value is -0.970. The van der Waals surface area contributed by atoms with Crippen LogP contribution in [-0.4, -0.2) is 16.8 Å². The number of Topliss-reactive ketones (excluding diaryl/α,β-unsaturated/α-hetero) is 1. The van der Waals surface area contributed by atoms with E-state index in [9.17, 15) is 18.0 Å². The molecule has 0 N–H and O–H groups in total. The van der Waals surface area contributed by atoms with Crippen LogP contribution in [0.1, 0.15) is 36.2 Å². The first-order chi connectivity index (χ1) is 8.36. The van der Waals surface area contributed by atoms with Crippen LogP contribution in [0.25, 0.3) is 0 Å². The standard InChI is InChI=1S/C13H15F3OS/c1-3-9(2)18-8-12(17)10-6-4-5-7-11(10)13(14,15)16/h4-7,9H,3,8H2,1-2H3. The van der Waals surface area contributed by atoms with E-state index in [-0.39, 0.29) is 16.6 Å². The maximum atomic E-state index is 12.7. The minimum absolute atomic E-state index is 0.0854. The number of carbonyl (C=O) groups excluding carboxylic acids is 1. The van der Waals surface area contributed by atoms with Gasteiger partial charge in [-0.25, -0.2) is 0 Å². The second kappa shape index (κ2) is 6.27. The Labute approximate surface area is 109 Å². The van der Waals surface area contributed by atoms with E-state index in [1.807, 2.05) is 13.8 Å². The molecule has 1 unspecified atom stereocenters. The average molecular weight is 276 g/mol. The molecule has 0 spiro atoms. The van der Waals surface area contributed by atoms with E-state index in [4.69, 9.17) is 0 Å². The van der Waals surface area contributed by atoms with Crippen LogP contribution in [0.2, 0.25) is 0 Å². The highest BCUT2D eigenvalue weighted by Gasteiger charge is 2.34. The van der Waals surface area contributed by atoms with Gasteiger partial charge in [0.05, 0.1) is 11.3 Å². The van der Waals surface area contributed by atoms with E-state index in [1.54, 1.807) is 0 Å². The van der Waals surface area contributed by atoms with Crippen LogP contribution in [-0.2, 0) is 6.18 Å². The fourth-order valence-electron chi connectivity index (χ4n) is 1.39. The number of carbonyl (C=O) groups is 1. The Morgan fingerprint density at radius 1 is 1.33 bits per heavy atom. The van der Waals surface area contributed by atoms with E-state index in [1.165, 1.54) is 30.0 Å². The highest BCUT2D eigenvalue weighted by atomic mass is 32.2. The number of benzene rings is 1. The van der Waals surface area contributed by atoms with Crippen LogP contribution in [0.15, 0.2) is 24.3 Å². The number of ketones is 1. The van der Waals surface area contributed by atoms with Crippen molar-refractivity contribution in [2.75, 3.05) is 5.75 Å². The molecule has 1 rings (SSSR count). The maximum absolute atomic E-state index is 12.7. The number of rotatable bonds is 5. The van der Waals surface area contributed by atoms with E-state index in [2.05, 4.69) is 0 Å². The largest absolute Gasteiger partial charge is 0.417 e. The summed E-state index contributed by atoms with van der Waals surface area (Å²) in [6.07, 6.45) is -3.59. The zero-order valence-electron chi connectivity index (χ0n) is 10.3. The first-order valence-electron chi connectivity index (χ1n) is 5.67. The molecule has 1 atom stereocenters. The predicted molar refractivity (Wildman–Crippen MR) is 68.0 cm³/mol. The van der Waals surface area contributed by atoms with Gasteiger partial charge in [-0.3, -0.25) is 4.79 Å². The van der Waals surface area contributed by atoms with Gasteiger partial charge >= 0.3 is 6.18 Å². The lowest BCUT2D eigenvalue weighted by Gasteiger charge is -2.12. The molecule has 0 bridgehead atoms. The molecule has 0 radical (unpaired) electrons. The Morgan fingerprint density at radius 3 is 2.50 bits per heavy atom. The van der Waals surface area contributed by atoms with Gasteiger partial charge < -0.3 is 0 Å². The minimum atomic E-state index is -4.48. The van der Waals surface area contributed by atoms with Crippen molar-refractivity contribution in [3.63, 3.8) is 0 Å². The van der Waals surface area contributed by atoms with Crippen molar-refractivity contribution in [1.82, 2.24) is 0 Å². The Kier molecular flexibility index (Phi) is 5.26. The van der Waals surface area contributed by atoms with Crippen molar-refractivity contribution in [1.29, 1.82) is 0 Å². The van der Waals surface area contributed by atoms with Gasteiger partial charge in [0.1, 0.15) is 0 Å². The highest BCUT2D eigenvalue weighted by molar-refractivity contribution is 8.00. The normalized spacial score (nSPS) is 13.4. The number of halogens is 3.